The van der Waals surface area contributed by atoms with Crippen LogP contribution in [0.25, 0.3) is 0 Å². The molecule has 34 heavy (non-hydrogen) atoms. The van der Waals surface area contributed by atoms with Crippen LogP contribution in [0.1, 0.15) is 12.0 Å². The number of hydrogen-bond donors (Lipinski definition) is 1. The number of morpholine rings is 2. The maximum Gasteiger partial charge on any atom is 0.320 e. The highest BCUT2D eigenvalue weighted by molar-refractivity contribution is 6.04. The van der Waals surface area contributed by atoms with Crippen molar-refractivity contribution in [1.29, 1.82) is 0 Å². The van der Waals surface area contributed by atoms with E-state index in [-0.39, 0.29) is 5.82 Å². The summed E-state index contributed by atoms with van der Waals surface area (Å²) in [6.45, 7) is 7.79. The summed E-state index contributed by atoms with van der Waals surface area (Å²) < 4.78 is 36.2. The van der Waals surface area contributed by atoms with Crippen LogP contribution in [-0.2, 0) is 9.47 Å². The normalized spacial score (nSPS) is 20.0. The van der Waals surface area contributed by atoms with Crippen molar-refractivity contribution in [2.75, 3.05) is 82.7 Å². The molecular formula is C23H29FN6O4. The zero-order chi connectivity index (χ0) is 23.2. The van der Waals surface area contributed by atoms with Crippen molar-refractivity contribution >= 4 is 17.3 Å². The van der Waals surface area contributed by atoms with E-state index in [0.29, 0.717) is 61.7 Å². The molecule has 3 aliphatic heterocycles. The van der Waals surface area contributed by atoms with Crippen LogP contribution in [0.4, 0.5) is 16.0 Å². The summed E-state index contributed by atoms with van der Waals surface area (Å²) in [5.74, 6) is 1.55. The molecule has 0 unspecified atom stereocenters. The summed E-state index contributed by atoms with van der Waals surface area (Å²) in [6, 6.07) is 6.58. The number of hydrogen-bond acceptors (Lipinski definition) is 10. The number of fused-ring (bicyclic) bond motifs is 1. The third kappa shape index (κ3) is 5.72. The van der Waals surface area contributed by atoms with E-state index < -0.39 is 0 Å². The molecule has 0 amide bonds. The minimum Gasteiger partial charge on any atom is -0.492 e. The number of nitrogens with one attached hydrogen (secondary N) is 1. The van der Waals surface area contributed by atoms with E-state index in [9.17, 15) is 4.39 Å². The lowest BCUT2D eigenvalue weighted by Gasteiger charge is -2.28. The van der Waals surface area contributed by atoms with Gasteiger partial charge in [-0.3, -0.25) is 10.3 Å². The highest BCUT2D eigenvalue weighted by Crippen LogP contribution is 2.26. The van der Waals surface area contributed by atoms with Gasteiger partial charge < -0.3 is 23.8 Å². The van der Waals surface area contributed by atoms with E-state index in [4.69, 9.17) is 18.9 Å². The molecule has 11 heteroatoms. The van der Waals surface area contributed by atoms with Gasteiger partial charge in [0.2, 0.25) is 0 Å². The SMILES string of the molecule is Fc1ccc2c(c1)/C(=N/Nc1cc(N3CCOCC3)nc(OCCN3CCOCC3)n1)CCO2. The largest absolute Gasteiger partial charge is 0.492 e. The molecular weight excluding hydrogens is 443 g/mol. The lowest BCUT2D eigenvalue weighted by molar-refractivity contribution is 0.0317. The minimum absolute atomic E-state index is 0.290. The second-order valence-electron chi connectivity index (χ2n) is 8.21. The summed E-state index contributed by atoms with van der Waals surface area (Å²) in [7, 11) is 0. The molecule has 2 saturated heterocycles. The maximum atomic E-state index is 13.8. The van der Waals surface area contributed by atoms with Crippen molar-refractivity contribution in [2.45, 2.75) is 6.42 Å². The molecule has 3 aliphatic rings. The number of aromatic nitrogens is 2. The number of benzene rings is 1. The topological polar surface area (TPSA) is 93.6 Å². The first-order valence-corrected chi connectivity index (χ1v) is 11.6. The van der Waals surface area contributed by atoms with Crippen LogP contribution in [0.15, 0.2) is 29.4 Å². The van der Waals surface area contributed by atoms with Crippen molar-refractivity contribution in [1.82, 2.24) is 14.9 Å². The van der Waals surface area contributed by atoms with Crippen LogP contribution in [0.2, 0.25) is 0 Å². The van der Waals surface area contributed by atoms with Crippen molar-refractivity contribution in [2.24, 2.45) is 5.10 Å². The summed E-state index contributed by atoms with van der Waals surface area (Å²) in [5, 5.41) is 4.53. The first-order valence-electron chi connectivity index (χ1n) is 11.6. The first kappa shape index (κ1) is 22.8. The Morgan fingerprint density at radius 3 is 2.62 bits per heavy atom. The smallest absolute Gasteiger partial charge is 0.320 e. The van der Waals surface area contributed by atoms with Crippen LogP contribution in [0, 0.1) is 5.82 Å². The van der Waals surface area contributed by atoms with Crippen LogP contribution in [-0.4, -0.2) is 92.9 Å². The third-order valence-corrected chi connectivity index (χ3v) is 5.92. The van der Waals surface area contributed by atoms with Crippen molar-refractivity contribution < 1.29 is 23.3 Å². The minimum atomic E-state index is -0.329. The van der Waals surface area contributed by atoms with Gasteiger partial charge >= 0.3 is 6.01 Å². The van der Waals surface area contributed by atoms with Gasteiger partial charge in [0.25, 0.3) is 0 Å². The lowest BCUT2D eigenvalue weighted by atomic mass is 10.0. The lowest BCUT2D eigenvalue weighted by Crippen LogP contribution is -2.39. The Labute approximate surface area is 197 Å². The molecule has 1 N–H and O–H groups in total. The van der Waals surface area contributed by atoms with E-state index in [0.717, 1.165) is 51.8 Å². The molecule has 5 rings (SSSR count). The van der Waals surface area contributed by atoms with Gasteiger partial charge in [0.1, 0.15) is 24.0 Å². The number of ether oxygens (including phenoxy) is 4. The second-order valence-corrected chi connectivity index (χ2v) is 8.21. The Morgan fingerprint density at radius 1 is 1.00 bits per heavy atom. The van der Waals surface area contributed by atoms with Gasteiger partial charge in [-0.15, -0.1) is 0 Å². The van der Waals surface area contributed by atoms with Gasteiger partial charge in [0, 0.05) is 50.8 Å². The van der Waals surface area contributed by atoms with Crippen LogP contribution in [0.5, 0.6) is 11.8 Å². The fraction of sp³-hybridized carbons (Fsp3) is 0.522. The monoisotopic (exact) mass is 472 g/mol. The van der Waals surface area contributed by atoms with E-state index in [2.05, 4.69) is 30.3 Å². The van der Waals surface area contributed by atoms with Crippen molar-refractivity contribution in [3.63, 3.8) is 0 Å². The molecule has 0 bridgehead atoms. The fourth-order valence-corrected chi connectivity index (χ4v) is 4.07. The second kappa shape index (κ2) is 10.9. The van der Waals surface area contributed by atoms with Crippen molar-refractivity contribution in [3.8, 4) is 11.8 Å². The molecule has 1 aromatic carbocycles. The number of nitrogens with zero attached hydrogens (tertiary/aromatic N) is 5. The van der Waals surface area contributed by atoms with E-state index in [1.165, 1.54) is 12.1 Å². The third-order valence-electron chi connectivity index (χ3n) is 5.92. The van der Waals surface area contributed by atoms with Crippen LogP contribution < -0.4 is 19.8 Å². The van der Waals surface area contributed by atoms with E-state index >= 15 is 0 Å². The average molecular weight is 473 g/mol. The maximum absolute atomic E-state index is 13.8. The summed E-state index contributed by atoms with van der Waals surface area (Å²) >= 11 is 0. The quantitative estimate of drug-likeness (QED) is 0.605. The zero-order valence-electron chi connectivity index (χ0n) is 19.0. The molecule has 0 aliphatic carbocycles. The molecule has 0 spiro atoms. The number of rotatable bonds is 7. The van der Waals surface area contributed by atoms with E-state index in [1.807, 2.05) is 6.07 Å². The molecule has 182 valence electrons. The Kier molecular flexibility index (Phi) is 7.32. The van der Waals surface area contributed by atoms with Crippen LogP contribution >= 0.6 is 0 Å². The average Bonchev–Trinajstić information content (AvgIpc) is 2.88. The predicted molar refractivity (Wildman–Crippen MR) is 124 cm³/mol. The molecule has 2 aromatic rings. The Hall–Kier alpha value is -3.02. The molecule has 0 atom stereocenters. The molecule has 0 saturated carbocycles. The zero-order valence-corrected chi connectivity index (χ0v) is 19.0. The standard InChI is InChI=1S/C23H29FN6O4/c24-17-1-2-20-18(15-17)19(3-9-33-20)27-28-21-16-22(30-7-12-32-13-8-30)26-23(25-21)34-14-6-29-4-10-31-11-5-29/h1-2,15-16H,3-14H2,(H,25,26,28)/b27-19+. The summed E-state index contributed by atoms with van der Waals surface area (Å²) in [6.07, 6.45) is 0.563. The van der Waals surface area contributed by atoms with Crippen LogP contribution in [0.3, 0.4) is 0 Å². The van der Waals surface area contributed by atoms with Crippen molar-refractivity contribution in [3.05, 3.63) is 35.6 Å². The molecule has 1 aromatic heterocycles. The molecule has 4 heterocycles. The molecule has 2 fully saturated rings. The highest BCUT2D eigenvalue weighted by Gasteiger charge is 2.19. The fourth-order valence-electron chi connectivity index (χ4n) is 4.07. The molecule has 10 nitrogen and oxygen atoms in total. The summed E-state index contributed by atoms with van der Waals surface area (Å²) in [5.41, 5.74) is 4.38. The van der Waals surface area contributed by atoms with Gasteiger partial charge in [-0.25, -0.2) is 4.39 Å². The van der Waals surface area contributed by atoms with Gasteiger partial charge in [0.05, 0.1) is 38.7 Å². The van der Waals surface area contributed by atoms with Gasteiger partial charge in [-0.05, 0) is 18.2 Å². The Balaban J connectivity index is 1.33. The summed E-state index contributed by atoms with van der Waals surface area (Å²) in [4.78, 5) is 13.6. The number of anilines is 2. The highest BCUT2D eigenvalue weighted by atomic mass is 19.1. The molecule has 0 radical (unpaired) electrons. The van der Waals surface area contributed by atoms with Gasteiger partial charge in [0.15, 0.2) is 5.82 Å². The van der Waals surface area contributed by atoms with Gasteiger partial charge in [-0.1, -0.05) is 0 Å². The predicted octanol–water partition coefficient (Wildman–Crippen LogP) is 1.76. The van der Waals surface area contributed by atoms with E-state index in [1.54, 1.807) is 6.07 Å². The Morgan fingerprint density at radius 2 is 1.79 bits per heavy atom. The first-order chi connectivity index (χ1) is 16.7. The van der Waals surface area contributed by atoms with Gasteiger partial charge in [-0.2, -0.15) is 15.1 Å². The number of halogens is 1. The Bertz CT molecular complexity index is 1010. The number of hydrazone groups is 1.